The van der Waals surface area contributed by atoms with E-state index in [0.29, 0.717) is 19.8 Å². The second-order valence-corrected chi connectivity index (χ2v) is 5.29. The number of rotatable bonds is 7. The fourth-order valence-corrected chi connectivity index (χ4v) is 2.47. The first-order chi connectivity index (χ1) is 11.3. The Balaban J connectivity index is 1.84. The lowest BCUT2D eigenvalue weighted by Gasteiger charge is -2.08. The van der Waals surface area contributed by atoms with E-state index in [1.54, 1.807) is 6.08 Å². The van der Waals surface area contributed by atoms with Crippen LogP contribution in [-0.4, -0.2) is 16.0 Å². The molecule has 3 aromatic rings. The fraction of sp³-hybridized carbons (Fsp3) is 0.211. The molecule has 4 nitrogen and oxygen atoms in total. The van der Waals surface area contributed by atoms with Gasteiger partial charge in [-0.25, -0.2) is 4.98 Å². The predicted molar refractivity (Wildman–Crippen MR) is 90.6 cm³/mol. The molecule has 0 atom stereocenters. The first-order valence-electron chi connectivity index (χ1n) is 7.61. The average molecular weight is 308 g/mol. The molecule has 0 aliphatic heterocycles. The van der Waals surface area contributed by atoms with Gasteiger partial charge in [0, 0.05) is 6.20 Å². The molecule has 0 radical (unpaired) electrons. The van der Waals surface area contributed by atoms with E-state index in [0.717, 1.165) is 28.3 Å². The number of fused-ring (bicyclic) bond motifs is 1. The summed E-state index contributed by atoms with van der Waals surface area (Å²) >= 11 is 0. The van der Waals surface area contributed by atoms with E-state index in [-0.39, 0.29) is 0 Å². The van der Waals surface area contributed by atoms with E-state index in [4.69, 9.17) is 9.47 Å². The SMILES string of the molecule is C=CCOCc1c(C)nc2c(OCc3ccccc3)cccn12. The summed E-state index contributed by atoms with van der Waals surface area (Å²) in [6.07, 6.45) is 3.73. The number of pyridine rings is 1. The molecule has 2 heterocycles. The quantitative estimate of drug-likeness (QED) is 0.490. The molecule has 23 heavy (non-hydrogen) atoms. The van der Waals surface area contributed by atoms with Crippen LogP contribution in [0.5, 0.6) is 5.75 Å². The van der Waals surface area contributed by atoms with Crippen molar-refractivity contribution in [2.45, 2.75) is 20.1 Å². The topological polar surface area (TPSA) is 35.8 Å². The van der Waals surface area contributed by atoms with Crippen LogP contribution >= 0.6 is 0 Å². The van der Waals surface area contributed by atoms with E-state index in [9.17, 15) is 0 Å². The lowest BCUT2D eigenvalue weighted by molar-refractivity contribution is 0.145. The first kappa shape index (κ1) is 15.3. The summed E-state index contributed by atoms with van der Waals surface area (Å²) in [6, 6.07) is 14.0. The lowest BCUT2D eigenvalue weighted by Crippen LogP contribution is -2.00. The molecule has 0 amide bonds. The summed E-state index contributed by atoms with van der Waals surface area (Å²) < 4.78 is 13.6. The van der Waals surface area contributed by atoms with Gasteiger partial charge >= 0.3 is 0 Å². The molecule has 0 fully saturated rings. The van der Waals surface area contributed by atoms with Gasteiger partial charge in [-0.2, -0.15) is 0 Å². The third-order valence-corrected chi connectivity index (χ3v) is 3.62. The van der Waals surface area contributed by atoms with Crippen LogP contribution in [0.4, 0.5) is 0 Å². The monoisotopic (exact) mass is 308 g/mol. The highest BCUT2D eigenvalue weighted by atomic mass is 16.5. The maximum absolute atomic E-state index is 5.96. The highest BCUT2D eigenvalue weighted by Crippen LogP contribution is 2.23. The summed E-state index contributed by atoms with van der Waals surface area (Å²) in [7, 11) is 0. The van der Waals surface area contributed by atoms with Crippen molar-refractivity contribution >= 4 is 5.65 Å². The van der Waals surface area contributed by atoms with Crippen molar-refractivity contribution in [2.75, 3.05) is 6.61 Å². The molecule has 118 valence electrons. The highest BCUT2D eigenvalue weighted by Gasteiger charge is 2.12. The third kappa shape index (κ3) is 3.43. The van der Waals surface area contributed by atoms with Gasteiger partial charge in [-0.05, 0) is 24.6 Å². The van der Waals surface area contributed by atoms with E-state index in [1.165, 1.54) is 0 Å². The molecule has 2 aromatic heterocycles. The van der Waals surface area contributed by atoms with Gasteiger partial charge < -0.3 is 9.47 Å². The minimum absolute atomic E-state index is 0.501. The zero-order valence-corrected chi connectivity index (χ0v) is 13.2. The van der Waals surface area contributed by atoms with Crippen molar-refractivity contribution in [3.05, 3.63) is 78.3 Å². The minimum Gasteiger partial charge on any atom is -0.485 e. The number of aromatic nitrogens is 2. The number of nitrogens with zero attached hydrogens (tertiary/aromatic N) is 2. The molecule has 0 N–H and O–H groups in total. The molecule has 4 heteroatoms. The third-order valence-electron chi connectivity index (χ3n) is 3.62. The van der Waals surface area contributed by atoms with Gasteiger partial charge in [0.1, 0.15) is 6.61 Å². The van der Waals surface area contributed by atoms with E-state index in [2.05, 4.69) is 11.6 Å². The number of benzene rings is 1. The normalized spacial score (nSPS) is 10.8. The van der Waals surface area contributed by atoms with E-state index < -0.39 is 0 Å². The maximum Gasteiger partial charge on any atom is 0.180 e. The minimum atomic E-state index is 0.501. The van der Waals surface area contributed by atoms with Crippen molar-refractivity contribution in [3.8, 4) is 5.75 Å². The number of ether oxygens (including phenoxy) is 2. The van der Waals surface area contributed by atoms with Crippen LogP contribution in [0.1, 0.15) is 17.0 Å². The Kier molecular flexibility index (Phi) is 4.74. The molecule has 1 aromatic carbocycles. The Morgan fingerprint density at radius 3 is 2.74 bits per heavy atom. The van der Waals surface area contributed by atoms with Gasteiger partial charge in [-0.1, -0.05) is 36.4 Å². The van der Waals surface area contributed by atoms with Crippen LogP contribution in [0, 0.1) is 6.92 Å². The number of imidazole rings is 1. The zero-order chi connectivity index (χ0) is 16.1. The molecule has 0 spiro atoms. The van der Waals surface area contributed by atoms with Crippen molar-refractivity contribution in [1.82, 2.24) is 9.38 Å². The van der Waals surface area contributed by atoms with Crippen molar-refractivity contribution in [2.24, 2.45) is 0 Å². The predicted octanol–water partition coefficient (Wildman–Crippen LogP) is 3.92. The summed E-state index contributed by atoms with van der Waals surface area (Å²) in [5.41, 5.74) is 3.93. The lowest BCUT2D eigenvalue weighted by atomic mass is 10.2. The zero-order valence-electron chi connectivity index (χ0n) is 13.2. The van der Waals surface area contributed by atoms with Crippen LogP contribution in [0.15, 0.2) is 61.3 Å². The van der Waals surface area contributed by atoms with Gasteiger partial charge in [0.25, 0.3) is 0 Å². The molecule has 0 aliphatic rings. The molecule has 0 saturated carbocycles. The molecule has 0 aliphatic carbocycles. The average Bonchev–Trinajstić information content (AvgIpc) is 2.90. The smallest absolute Gasteiger partial charge is 0.180 e. The molecular weight excluding hydrogens is 288 g/mol. The van der Waals surface area contributed by atoms with Gasteiger partial charge in [-0.15, -0.1) is 6.58 Å². The van der Waals surface area contributed by atoms with Crippen LogP contribution in [0.25, 0.3) is 5.65 Å². The van der Waals surface area contributed by atoms with Crippen molar-refractivity contribution < 1.29 is 9.47 Å². The maximum atomic E-state index is 5.96. The van der Waals surface area contributed by atoms with E-state index in [1.807, 2.05) is 60.0 Å². The number of hydrogen-bond acceptors (Lipinski definition) is 3. The molecule has 0 bridgehead atoms. The van der Waals surface area contributed by atoms with E-state index >= 15 is 0 Å². The van der Waals surface area contributed by atoms with Gasteiger partial charge in [0.15, 0.2) is 11.4 Å². The second kappa shape index (κ2) is 7.11. The standard InChI is InChI=1S/C19H20N2O2/c1-3-12-22-14-17-15(2)20-19-18(10-7-11-21(17)19)23-13-16-8-5-4-6-9-16/h3-11H,1,12-14H2,2H3. The van der Waals surface area contributed by atoms with Crippen LogP contribution in [0.3, 0.4) is 0 Å². The summed E-state index contributed by atoms with van der Waals surface area (Å²) in [5.74, 6) is 0.773. The van der Waals surface area contributed by atoms with Crippen molar-refractivity contribution in [3.63, 3.8) is 0 Å². The molecule has 0 saturated heterocycles. The Labute approximate surface area is 136 Å². The number of hydrogen-bond donors (Lipinski definition) is 0. The van der Waals surface area contributed by atoms with Crippen molar-refractivity contribution in [1.29, 1.82) is 0 Å². The van der Waals surface area contributed by atoms with Gasteiger partial charge in [-0.3, -0.25) is 4.40 Å². The Morgan fingerprint density at radius 2 is 1.96 bits per heavy atom. The summed E-state index contributed by atoms with van der Waals surface area (Å²) in [5, 5.41) is 0. The Hall–Kier alpha value is -2.59. The summed E-state index contributed by atoms with van der Waals surface area (Å²) in [6.45, 7) is 7.20. The molecule has 0 unspecified atom stereocenters. The highest BCUT2D eigenvalue weighted by molar-refractivity contribution is 5.56. The van der Waals surface area contributed by atoms with Gasteiger partial charge in [0.05, 0.1) is 24.6 Å². The van der Waals surface area contributed by atoms with Crippen LogP contribution < -0.4 is 4.74 Å². The molecular formula is C19H20N2O2. The van der Waals surface area contributed by atoms with Crippen LogP contribution in [0.2, 0.25) is 0 Å². The van der Waals surface area contributed by atoms with Crippen LogP contribution in [-0.2, 0) is 18.0 Å². The largest absolute Gasteiger partial charge is 0.485 e. The first-order valence-corrected chi connectivity index (χ1v) is 7.61. The van der Waals surface area contributed by atoms with Gasteiger partial charge in [0.2, 0.25) is 0 Å². The second-order valence-electron chi connectivity index (χ2n) is 5.29. The number of aryl methyl sites for hydroxylation is 1. The molecule has 3 rings (SSSR count). The Morgan fingerprint density at radius 1 is 1.13 bits per heavy atom. The Bertz CT molecular complexity index is 794. The fourth-order valence-electron chi connectivity index (χ4n) is 2.47. The summed E-state index contributed by atoms with van der Waals surface area (Å²) in [4.78, 5) is 4.64.